The molecule has 0 aromatic heterocycles. The minimum Gasteiger partial charge on any atom is -0.388 e. The second-order valence-corrected chi connectivity index (χ2v) is 6.48. The van der Waals surface area contributed by atoms with Crippen LogP contribution in [0.3, 0.4) is 0 Å². The second kappa shape index (κ2) is 6.15. The lowest BCUT2D eigenvalue weighted by molar-refractivity contribution is -0.0109. The van der Waals surface area contributed by atoms with Gasteiger partial charge >= 0.3 is 0 Å². The molecule has 0 aliphatic heterocycles. The van der Waals surface area contributed by atoms with Gasteiger partial charge in [-0.15, -0.1) is 0 Å². The van der Waals surface area contributed by atoms with Crippen molar-refractivity contribution in [3.8, 4) is 0 Å². The highest BCUT2D eigenvalue weighted by Gasteiger charge is 2.32. The van der Waals surface area contributed by atoms with Crippen LogP contribution in [-0.4, -0.2) is 23.2 Å². The molecule has 1 saturated carbocycles. The quantitative estimate of drug-likeness (QED) is 0.899. The highest BCUT2D eigenvalue weighted by atomic mass is 35.5. The average Bonchev–Trinajstić information content (AvgIpc) is 2.39. The van der Waals surface area contributed by atoms with Gasteiger partial charge in [-0.2, -0.15) is 0 Å². The van der Waals surface area contributed by atoms with E-state index >= 15 is 0 Å². The summed E-state index contributed by atoms with van der Waals surface area (Å²) in [4.78, 5) is 12.1. The molecule has 0 spiro atoms. The lowest BCUT2D eigenvalue weighted by Gasteiger charge is -2.35. The molecule has 0 radical (unpaired) electrons. The number of rotatable bonds is 3. The van der Waals surface area contributed by atoms with Crippen molar-refractivity contribution in [2.24, 2.45) is 5.92 Å². The predicted octanol–water partition coefficient (Wildman–Crippen LogP) is 3.32. The van der Waals surface area contributed by atoms with Crippen molar-refractivity contribution in [1.29, 1.82) is 0 Å². The zero-order valence-corrected chi connectivity index (χ0v) is 12.8. The van der Waals surface area contributed by atoms with Gasteiger partial charge in [0.15, 0.2) is 0 Å². The van der Waals surface area contributed by atoms with Crippen molar-refractivity contribution < 1.29 is 9.90 Å². The highest BCUT2D eigenvalue weighted by molar-refractivity contribution is 6.31. The van der Waals surface area contributed by atoms with E-state index in [4.69, 9.17) is 11.6 Å². The third kappa shape index (κ3) is 3.74. The Labute approximate surface area is 125 Å². The molecule has 1 amide bonds. The molecule has 0 bridgehead atoms. The summed E-state index contributed by atoms with van der Waals surface area (Å²) < 4.78 is 0. The standard InChI is InChI=1S/C16H22ClNO2/c1-11-4-3-7-16(20,9-11)10-18-15(19)13-6-5-12(2)14(17)8-13/h5-6,8,11,20H,3-4,7,9-10H2,1-2H3,(H,18,19). The van der Waals surface area contributed by atoms with Crippen molar-refractivity contribution in [3.63, 3.8) is 0 Å². The lowest BCUT2D eigenvalue weighted by Crippen LogP contribution is -2.45. The van der Waals surface area contributed by atoms with Gasteiger partial charge in [0.1, 0.15) is 0 Å². The number of hydrogen-bond donors (Lipinski definition) is 2. The summed E-state index contributed by atoms with van der Waals surface area (Å²) in [6.45, 7) is 4.35. The smallest absolute Gasteiger partial charge is 0.251 e. The molecule has 20 heavy (non-hydrogen) atoms. The van der Waals surface area contributed by atoms with Crippen molar-refractivity contribution >= 4 is 17.5 Å². The zero-order chi connectivity index (χ0) is 14.8. The van der Waals surface area contributed by atoms with Crippen LogP contribution in [0.25, 0.3) is 0 Å². The van der Waals surface area contributed by atoms with E-state index in [9.17, 15) is 9.90 Å². The van der Waals surface area contributed by atoms with E-state index in [0.29, 0.717) is 23.0 Å². The number of carbonyl (C=O) groups excluding carboxylic acids is 1. The molecule has 1 aromatic carbocycles. The molecular formula is C16H22ClNO2. The highest BCUT2D eigenvalue weighted by Crippen LogP contribution is 2.31. The van der Waals surface area contributed by atoms with Gasteiger partial charge in [-0.1, -0.05) is 37.4 Å². The SMILES string of the molecule is Cc1ccc(C(=O)NCC2(O)CCCC(C)C2)cc1Cl. The number of amides is 1. The third-order valence-electron chi connectivity index (χ3n) is 4.08. The first kappa shape index (κ1) is 15.3. The minimum atomic E-state index is -0.762. The fourth-order valence-corrected chi connectivity index (χ4v) is 3.05. The summed E-state index contributed by atoms with van der Waals surface area (Å²) in [6, 6.07) is 5.25. The van der Waals surface area contributed by atoms with Gasteiger partial charge in [-0.05, 0) is 43.4 Å². The Balaban J connectivity index is 1.96. The molecule has 2 unspecified atom stereocenters. The number of carbonyl (C=O) groups is 1. The molecule has 0 heterocycles. The topological polar surface area (TPSA) is 49.3 Å². The Bertz CT molecular complexity index is 503. The number of benzene rings is 1. The van der Waals surface area contributed by atoms with Crippen LogP contribution in [-0.2, 0) is 0 Å². The molecule has 4 heteroatoms. The average molecular weight is 296 g/mol. The van der Waals surface area contributed by atoms with Gasteiger partial charge in [0.2, 0.25) is 0 Å². The molecule has 1 aromatic rings. The second-order valence-electron chi connectivity index (χ2n) is 6.07. The molecular weight excluding hydrogens is 274 g/mol. The van der Waals surface area contributed by atoms with Crippen molar-refractivity contribution in [3.05, 3.63) is 34.3 Å². The molecule has 1 aliphatic carbocycles. The Morgan fingerprint density at radius 1 is 1.55 bits per heavy atom. The summed E-state index contributed by atoms with van der Waals surface area (Å²) in [6.07, 6.45) is 3.68. The summed E-state index contributed by atoms with van der Waals surface area (Å²) in [5.41, 5.74) is 0.720. The molecule has 1 aliphatic rings. The molecule has 110 valence electrons. The van der Waals surface area contributed by atoms with Crippen LogP contribution in [0, 0.1) is 12.8 Å². The van der Waals surface area contributed by atoms with E-state index in [1.807, 2.05) is 13.0 Å². The fourth-order valence-electron chi connectivity index (χ4n) is 2.87. The molecule has 2 rings (SSSR count). The van der Waals surface area contributed by atoms with Crippen LogP contribution < -0.4 is 5.32 Å². The molecule has 1 fully saturated rings. The van der Waals surface area contributed by atoms with Crippen LogP contribution in [0.5, 0.6) is 0 Å². The lowest BCUT2D eigenvalue weighted by atomic mass is 9.79. The monoisotopic (exact) mass is 295 g/mol. The Morgan fingerprint density at radius 3 is 2.95 bits per heavy atom. The van der Waals surface area contributed by atoms with E-state index < -0.39 is 5.60 Å². The molecule has 3 nitrogen and oxygen atoms in total. The zero-order valence-electron chi connectivity index (χ0n) is 12.1. The van der Waals surface area contributed by atoms with Crippen LogP contribution >= 0.6 is 11.6 Å². The van der Waals surface area contributed by atoms with Crippen molar-refractivity contribution in [2.75, 3.05) is 6.54 Å². The van der Waals surface area contributed by atoms with Gasteiger partial charge in [0.25, 0.3) is 5.91 Å². The molecule has 2 N–H and O–H groups in total. The van der Waals surface area contributed by atoms with Gasteiger partial charge in [-0.3, -0.25) is 4.79 Å². The van der Waals surface area contributed by atoms with Gasteiger partial charge < -0.3 is 10.4 Å². The first-order chi connectivity index (χ1) is 9.39. The number of aryl methyl sites for hydroxylation is 1. The number of nitrogens with one attached hydrogen (secondary N) is 1. The number of halogens is 1. The van der Waals surface area contributed by atoms with Gasteiger partial charge in [-0.25, -0.2) is 0 Å². The summed E-state index contributed by atoms with van der Waals surface area (Å²) >= 11 is 6.02. The first-order valence-corrected chi connectivity index (χ1v) is 7.54. The van der Waals surface area contributed by atoms with Gasteiger partial charge in [0, 0.05) is 17.1 Å². The van der Waals surface area contributed by atoms with E-state index in [1.54, 1.807) is 12.1 Å². The van der Waals surface area contributed by atoms with Crippen LogP contribution in [0.4, 0.5) is 0 Å². The maximum Gasteiger partial charge on any atom is 0.251 e. The number of aliphatic hydroxyl groups is 1. The number of hydrogen-bond acceptors (Lipinski definition) is 2. The van der Waals surface area contributed by atoms with E-state index in [2.05, 4.69) is 12.2 Å². The largest absolute Gasteiger partial charge is 0.388 e. The maximum absolute atomic E-state index is 12.1. The molecule has 0 saturated heterocycles. The van der Waals surface area contributed by atoms with Gasteiger partial charge in [0.05, 0.1) is 5.60 Å². The Kier molecular flexibility index (Phi) is 4.71. The fraction of sp³-hybridized carbons (Fsp3) is 0.562. The van der Waals surface area contributed by atoms with E-state index in [-0.39, 0.29) is 5.91 Å². The first-order valence-electron chi connectivity index (χ1n) is 7.16. The van der Waals surface area contributed by atoms with E-state index in [1.165, 1.54) is 0 Å². The maximum atomic E-state index is 12.1. The Hall–Kier alpha value is -1.06. The Morgan fingerprint density at radius 2 is 2.30 bits per heavy atom. The van der Waals surface area contributed by atoms with Crippen LogP contribution in [0.2, 0.25) is 5.02 Å². The van der Waals surface area contributed by atoms with Crippen LogP contribution in [0.15, 0.2) is 18.2 Å². The normalized spacial score (nSPS) is 26.3. The van der Waals surface area contributed by atoms with Crippen LogP contribution in [0.1, 0.15) is 48.5 Å². The van der Waals surface area contributed by atoms with E-state index in [0.717, 1.165) is 31.2 Å². The predicted molar refractivity (Wildman–Crippen MR) is 81.1 cm³/mol. The minimum absolute atomic E-state index is 0.182. The summed E-state index contributed by atoms with van der Waals surface area (Å²) in [7, 11) is 0. The summed E-state index contributed by atoms with van der Waals surface area (Å²) in [5.74, 6) is 0.332. The van der Waals surface area contributed by atoms with Crippen molar-refractivity contribution in [2.45, 2.75) is 45.1 Å². The van der Waals surface area contributed by atoms with Crippen molar-refractivity contribution in [1.82, 2.24) is 5.32 Å². The third-order valence-corrected chi connectivity index (χ3v) is 4.49. The summed E-state index contributed by atoms with van der Waals surface area (Å²) in [5, 5.41) is 13.9. The molecule has 2 atom stereocenters.